The number of ether oxygens (including phenoxy) is 1. The van der Waals surface area contributed by atoms with E-state index in [2.05, 4.69) is 9.72 Å². The Hall–Kier alpha value is -1.14. The van der Waals surface area contributed by atoms with Gasteiger partial charge in [0.1, 0.15) is 0 Å². The zero-order valence-electron chi connectivity index (χ0n) is 8.93. The Bertz CT molecular complexity index is 338. The maximum absolute atomic E-state index is 11.0. The zero-order chi connectivity index (χ0) is 11.4. The summed E-state index contributed by atoms with van der Waals surface area (Å²) in [6.07, 6.45) is 0.801. The molecule has 1 unspecified atom stereocenters. The molecule has 0 saturated carbocycles. The molecule has 1 rings (SSSR count). The van der Waals surface area contributed by atoms with E-state index in [-0.39, 0.29) is 6.42 Å². The summed E-state index contributed by atoms with van der Waals surface area (Å²) in [4.78, 5) is 17.8. The van der Waals surface area contributed by atoms with Crippen LogP contribution in [0.15, 0.2) is 6.20 Å². The van der Waals surface area contributed by atoms with Crippen LogP contribution in [0.4, 0.5) is 5.13 Å². The van der Waals surface area contributed by atoms with Crippen molar-refractivity contribution >= 4 is 22.4 Å². The summed E-state index contributed by atoms with van der Waals surface area (Å²) in [7, 11) is 5.03. The molecule has 84 valence electrons. The standard InChI is InChI=1S/C9H14N2O3S/c1-11(2)9-10-5-6(15-9)4-7(12)8(13)14-3/h5,7,12H,4H2,1-3H3. The average molecular weight is 230 g/mol. The van der Waals surface area contributed by atoms with Crippen molar-refractivity contribution in [3.05, 3.63) is 11.1 Å². The van der Waals surface area contributed by atoms with Gasteiger partial charge in [0.05, 0.1) is 7.11 Å². The molecule has 1 aromatic rings. The smallest absolute Gasteiger partial charge is 0.335 e. The van der Waals surface area contributed by atoms with Crippen molar-refractivity contribution < 1.29 is 14.6 Å². The van der Waals surface area contributed by atoms with E-state index >= 15 is 0 Å². The predicted octanol–water partition coefficient (Wildman–Crippen LogP) is 0.286. The van der Waals surface area contributed by atoms with E-state index in [1.54, 1.807) is 6.20 Å². The molecule has 0 amide bonds. The van der Waals surface area contributed by atoms with Crippen LogP contribution in [0.3, 0.4) is 0 Å². The highest BCUT2D eigenvalue weighted by atomic mass is 32.1. The van der Waals surface area contributed by atoms with Gasteiger partial charge in [-0.1, -0.05) is 0 Å². The van der Waals surface area contributed by atoms with Gasteiger partial charge >= 0.3 is 5.97 Å². The summed E-state index contributed by atoms with van der Waals surface area (Å²) in [5, 5.41) is 10.3. The third-order valence-corrected chi connectivity index (χ3v) is 2.98. The number of hydrogen-bond acceptors (Lipinski definition) is 6. The fourth-order valence-corrected chi connectivity index (χ4v) is 1.88. The van der Waals surface area contributed by atoms with Crippen molar-refractivity contribution in [2.45, 2.75) is 12.5 Å². The van der Waals surface area contributed by atoms with Crippen molar-refractivity contribution in [2.75, 3.05) is 26.1 Å². The predicted molar refractivity (Wildman–Crippen MR) is 58.2 cm³/mol. The molecular formula is C9H14N2O3S. The lowest BCUT2D eigenvalue weighted by Gasteiger charge is -2.06. The number of hydrogen-bond donors (Lipinski definition) is 1. The third-order valence-electron chi connectivity index (χ3n) is 1.79. The number of methoxy groups -OCH3 is 1. The van der Waals surface area contributed by atoms with Gasteiger partial charge in [0.2, 0.25) is 0 Å². The minimum Gasteiger partial charge on any atom is -0.467 e. The number of carbonyl (C=O) groups excluding carboxylic acids is 1. The van der Waals surface area contributed by atoms with Crippen LogP contribution in [-0.2, 0) is 16.0 Å². The molecule has 15 heavy (non-hydrogen) atoms. The van der Waals surface area contributed by atoms with Gasteiger partial charge in [-0.05, 0) is 0 Å². The van der Waals surface area contributed by atoms with Gasteiger partial charge in [0.25, 0.3) is 0 Å². The first-order valence-corrected chi connectivity index (χ1v) is 5.24. The second kappa shape index (κ2) is 5.09. The first kappa shape index (κ1) is 11.9. The molecule has 0 fully saturated rings. The lowest BCUT2D eigenvalue weighted by atomic mass is 10.2. The molecule has 5 nitrogen and oxygen atoms in total. The number of anilines is 1. The summed E-state index contributed by atoms with van der Waals surface area (Å²) in [5.41, 5.74) is 0. The number of esters is 1. The molecule has 0 aliphatic carbocycles. The Balaban J connectivity index is 2.61. The molecular weight excluding hydrogens is 216 g/mol. The van der Waals surface area contributed by atoms with Crippen molar-refractivity contribution in [3.8, 4) is 0 Å². The van der Waals surface area contributed by atoms with Crippen LogP contribution in [0.1, 0.15) is 4.88 Å². The van der Waals surface area contributed by atoms with E-state index in [9.17, 15) is 9.90 Å². The summed E-state index contributed by atoms with van der Waals surface area (Å²) in [6, 6.07) is 0. The van der Waals surface area contributed by atoms with Crippen LogP contribution in [0.5, 0.6) is 0 Å². The number of aliphatic hydroxyl groups excluding tert-OH is 1. The van der Waals surface area contributed by atoms with Crippen molar-refractivity contribution in [1.29, 1.82) is 0 Å². The molecule has 0 aliphatic heterocycles. The summed E-state index contributed by atoms with van der Waals surface area (Å²) in [5.74, 6) is -0.616. The van der Waals surface area contributed by atoms with Crippen LogP contribution in [0.25, 0.3) is 0 Å². The normalized spacial score (nSPS) is 12.3. The zero-order valence-corrected chi connectivity index (χ0v) is 9.74. The Morgan fingerprint density at radius 2 is 2.40 bits per heavy atom. The number of aliphatic hydroxyl groups is 1. The van der Waals surface area contributed by atoms with Crippen molar-refractivity contribution in [2.24, 2.45) is 0 Å². The van der Waals surface area contributed by atoms with Gasteiger partial charge in [0, 0.05) is 31.6 Å². The summed E-state index contributed by atoms with van der Waals surface area (Å²) >= 11 is 1.44. The molecule has 0 bridgehead atoms. The average Bonchev–Trinajstić information content (AvgIpc) is 2.65. The van der Waals surface area contributed by atoms with E-state index < -0.39 is 12.1 Å². The van der Waals surface area contributed by atoms with Gasteiger partial charge in [-0.2, -0.15) is 0 Å². The third kappa shape index (κ3) is 3.17. The van der Waals surface area contributed by atoms with Gasteiger partial charge in [-0.3, -0.25) is 0 Å². The number of aromatic nitrogens is 1. The van der Waals surface area contributed by atoms with Crippen LogP contribution in [-0.4, -0.2) is 43.4 Å². The maximum atomic E-state index is 11.0. The van der Waals surface area contributed by atoms with E-state index in [0.717, 1.165) is 10.0 Å². The van der Waals surface area contributed by atoms with E-state index in [1.807, 2.05) is 19.0 Å². The lowest BCUT2D eigenvalue weighted by Crippen LogP contribution is -2.23. The minimum atomic E-state index is -1.11. The summed E-state index contributed by atoms with van der Waals surface area (Å²) in [6.45, 7) is 0. The fraction of sp³-hybridized carbons (Fsp3) is 0.556. The van der Waals surface area contributed by atoms with Crippen molar-refractivity contribution in [3.63, 3.8) is 0 Å². The molecule has 0 spiro atoms. The Kier molecular flexibility index (Phi) is 4.05. The molecule has 1 N–H and O–H groups in total. The molecule has 1 aromatic heterocycles. The minimum absolute atomic E-state index is 0.248. The SMILES string of the molecule is COC(=O)C(O)Cc1cnc(N(C)C)s1. The van der Waals surface area contributed by atoms with Crippen LogP contribution < -0.4 is 4.90 Å². The topological polar surface area (TPSA) is 62.7 Å². The highest BCUT2D eigenvalue weighted by molar-refractivity contribution is 7.15. The van der Waals surface area contributed by atoms with Crippen molar-refractivity contribution in [1.82, 2.24) is 4.98 Å². The molecule has 0 radical (unpaired) electrons. The Morgan fingerprint density at radius 1 is 1.73 bits per heavy atom. The largest absolute Gasteiger partial charge is 0.467 e. The van der Waals surface area contributed by atoms with Crippen LogP contribution in [0.2, 0.25) is 0 Å². The molecule has 0 saturated heterocycles. The fourth-order valence-electron chi connectivity index (χ4n) is 1.01. The second-order valence-electron chi connectivity index (χ2n) is 3.25. The quantitative estimate of drug-likeness (QED) is 0.753. The van der Waals surface area contributed by atoms with Crippen LogP contribution in [0, 0.1) is 0 Å². The second-order valence-corrected chi connectivity index (χ2v) is 4.34. The first-order valence-electron chi connectivity index (χ1n) is 4.42. The van der Waals surface area contributed by atoms with Gasteiger partial charge in [-0.25, -0.2) is 9.78 Å². The number of nitrogens with zero attached hydrogens (tertiary/aromatic N) is 2. The van der Waals surface area contributed by atoms with Gasteiger partial charge in [-0.15, -0.1) is 11.3 Å². The number of rotatable bonds is 4. The molecule has 0 aromatic carbocycles. The Morgan fingerprint density at radius 3 is 2.87 bits per heavy atom. The lowest BCUT2D eigenvalue weighted by molar-refractivity contribution is -0.150. The molecule has 1 atom stereocenters. The number of carbonyl (C=O) groups is 1. The summed E-state index contributed by atoms with van der Waals surface area (Å²) < 4.78 is 4.42. The molecule has 6 heteroatoms. The number of thiazole rings is 1. The molecule has 0 aliphatic rings. The Labute approximate surface area is 92.3 Å². The van der Waals surface area contributed by atoms with Crippen LogP contribution >= 0.6 is 11.3 Å². The highest BCUT2D eigenvalue weighted by Crippen LogP contribution is 2.21. The molecule has 1 heterocycles. The van der Waals surface area contributed by atoms with Gasteiger partial charge < -0.3 is 14.7 Å². The van der Waals surface area contributed by atoms with Gasteiger partial charge in [0.15, 0.2) is 11.2 Å². The van der Waals surface area contributed by atoms with E-state index in [4.69, 9.17) is 0 Å². The monoisotopic (exact) mass is 230 g/mol. The first-order chi connectivity index (χ1) is 7.04. The maximum Gasteiger partial charge on any atom is 0.335 e. The van der Waals surface area contributed by atoms with E-state index in [0.29, 0.717) is 0 Å². The van der Waals surface area contributed by atoms with E-state index in [1.165, 1.54) is 18.4 Å². The highest BCUT2D eigenvalue weighted by Gasteiger charge is 2.17.